The van der Waals surface area contributed by atoms with Crippen molar-refractivity contribution >= 4 is 39.4 Å². The number of hydrogen-bond acceptors (Lipinski definition) is 3. The van der Waals surface area contributed by atoms with Crippen LogP contribution in [0.5, 0.6) is 0 Å². The van der Waals surface area contributed by atoms with E-state index in [1.54, 1.807) is 0 Å². The van der Waals surface area contributed by atoms with E-state index in [2.05, 4.69) is 53.2 Å². The Hall–Kier alpha value is -3.06. The Morgan fingerprint density at radius 1 is 0.938 bits per heavy atom. The topological polar surface area (TPSA) is 66.8 Å². The van der Waals surface area contributed by atoms with Crippen LogP contribution in [0.4, 0.5) is 10.5 Å². The van der Waals surface area contributed by atoms with E-state index in [1.807, 2.05) is 15.9 Å². The van der Waals surface area contributed by atoms with Crippen molar-refractivity contribution in [2.24, 2.45) is 5.92 Å². The maximum Gasteiger partial charge on any atom is 0.321 e. The van der Waals surface area contributed by atoms with E-state index in [9.17, 15) is 9.59 Å². The van der Waals surface area contributed by atoms with E-state index in [1.165, 1.54) is 16.4 Å². The average molecular weight is 435 g/mol. The Bertz CT molecular complexity index is 1140. The number of anilines is 1. The van der Waals surface area contributed by atoms with Gasteiger partial charge in [-0.2, -0.15) is 0 Å². The minimum atomic E-state index is -0.0964. The van der Waals surface area contributed by atoms with Gasteiger partial charge in [-0.25, -0.2) is 4.79 Å². The number of para-hydroxylation sites is 1. The summed E-state index contributed by atoms with van der Waals surface area (Å²) < 4.78 is 7.64. The minimum Gasteiger partial charge on any atom is -0.378 e. The number of aryl methyl sites for hydroxylation is 1. The van der Waals surface area contributed by atoms with Gasteiger partial charge in [0.15, 0.2) is 0 Å². The Labute approximate surface area is 187 Å². The molecule has 5 rings (SSSR count). The van der Waals surface area contributed by atoms with Gasteiger partial charge in [-0.3, -0.25) is 4.79 Å². The van der Waals surface area contributed by atoms with Crippen LogP contribution >= 0.6 is 0 Å². The number of likely N-dealkylation sites (tertiary alicyclic amines) is 1. The van der Waals surface area contributed by atoms with Crippen molar-refractivity contribution in [3.05, 3.63) is 42.5 Å². The molecule has 1 N–H and O–H groups in total. The normalized spacial score (nSPS) is 17.8. The molecule has 7 nitrogen and oxygen atoms in total. The number of hydrogen-bond donors (Lipinski definition) is 1. The molecule has 3 aromatic rings. The van der Waals surface area contributed by atoms with Crippen molar-refractivity contribution in [3.8, 4) is 0 Å². The first kappa shape index (κ1) is 20.8. The summed E-state index contributed by atoms with van der Waals surface area (Å²) in [5.74, 6) is 0.222. The summed E-state index contributed by atoms with van der Waals surface area (Å²) in [4.78, 5) is 29.4. The van der Waals surface area contributed by atoms with Crippen LogP contribution in [0, 0.1) is 5.92 Å². The summed E-state index contributed by atoms with van der Waals surface area (Å²) in [5, 5.41) is 5.41. The van der Waals surface area contributed by atoms with Crippen LogP contribution in [0.2, 0.25) is 0 Å². The highest BCUT2D eigenvalue weighted by molar-refractivity contribution is 6.09. The molecule has 0 atom stereocenters. The molecular formula is C25H30N4O3. The molecule has 0 unspecified atom stereocenters. The lowest BCUT2D eigenvalue weighted by Crippen LogP contribution is -2.48. The first-order valence-electron chi connectivity index (χ1n) is 11.6. The number of carbonyl (C=O) groups excluding carboxylic acids is 2. The number of morpholine rings is 1. The van der Waals surface area contributed by atoms with Crippen molar-refractivity contribution in [2.75, 3.05) is 44.7 Å². The van der Waals surface area contributed by atoms with Crippen molar-refractivity contribution < 1.29 is 14.3 Å². The molecule has 0 saturated carbocycles. The van der Waals surface area contributed by atoms with E-state index < -0.39 is 0 Å². The molecule has 3 heterocycles. The summed E-state index contributed by atoms with van der Waals surface area (Å²) in [5.41, 5.74) is 3.18. The van der Waals surface area contributed by atoms with Crippen LogP contribution in [0.3, 0.4) is 0 Å². The summed E-state index contributed by atoms with van der Waals surface area (Å²) >= 11 is 0. The number of carbonyl (C=O) groups is 2. The maximum atomic E-state index is 12.9. The molecule has 0 radical (unpaired) electrons. The summed E-state index contributed by atoms with van der Waals surface area (Å²) in [6.45, 7) is 6.84. The number of nitrogens with one attached hydrogen (secondary N) is 1. The molecule has 7 heteroatoms. The van der Waals surface area contributed by atoms with Crippen molar-refractivity contribution in [3.63, 3.8) is 0 Å². The minimum absolute atomic E-state index is 0.00803. The highest BCUT2D eigenvalue weighted by Crippen LogP contribution is 2.31. The van der Waals surface area contributed by atoms with E-state index in [0.29, 0.717) is 52.2 Å². The van der Waals surface area contributed by atoms with Gasteiger partial charge in [-0.05, 0) is 44.0 Å². The first-order valence-corrected chi connectivity index (χ1v) is 11.6. The van der Waals surface area contributed by atoms with Gasteiger partial charge in [0.25, 0.3) is 0 Å². The van der Waals surface area contributed by atoms with Crippen molar-refractivity contribution in [2.45, 2.75) is 26.3 Å². The van der Waals surface area contributed by atoms with Gasteiger partial charge >= 0.3 is 6.03 Å². The van der Waals surface area contributed by atoms with Crippen LogP contribution < -0.4 is 5.32 Å². The number of urea groups is 1. The average Bonchev–Trinajstić information content (AvgIpc) is 3.17. The molecule has 2 saturated heterocycles. The lowest BCUT2D eigenvalue weighted by molar-refractivity contribution is -0.140. The molecule has 0 spiro atoms. The molecule has 32 heavy (non-hydrogen) atoms. The van der Waals surface area contributed by atoms with E-state index >= 15 is 0 Å². The van der Waals surface area contributed by atoms with E-state index in [-0.39, 0.29) is 17.9 Å². The van der Waals surface area contributed by atoms with Gasteiger partial charge in [-0.15, -0.1) is 0 Å². The van der Waals surface area contributed by atoms with Gasteiger partial charge in [0.1, 0.15) is 0 Å². The van der Waals surface area contributed by atoms with Crippen molar-refractivity contribution in [1.29, 1.82) is 0 Å². The van der Waals surface area contributed by atoms with Gasteiger partial charge in [0, 0.05) is 66.1 Å². The fourth-order valence-electron chi connectivity index (χ4n) is 5.05. The highest BCUT2D eigenvalue weighted by Gasteiger charge is 2.31. The number of benzene rings is 2. The van der Waals surface area contributed by atoms with E-state index in [0.717, 1.165) is 17.6 Å². The number of rotatable bonds is 3. The maximum absolute atomic E-state index is 12.9. The number of aromatic nitrogens is 1. The second-order valence-corrected chi connectivity index (χ2v) is 8.62. The van der Waals surface area contributed by atoms with Crippen LogP contribution in [0.1, 0.15) is 19.8 Å². The molecule has 2 fully saturated rings. The lowest BCUT2D eigenvalue weighted by atomic mass is 9.95. The zero-order valence-corrected chi connectivity index (χ0v) is 18.5. The predicted octanol–water partition coefficient (Wildman–Crippen LogP) is 3.92. The second kappa shape index (κ2) is 8.82. The number of fused-ring (bicyclic) bond motifs is 3. The molecule has 3 amide bonds. The predicted molar refractivity (Wildman–Crippen MR) is 126 cm³/mol. The standard InChI is InChI=1S/C25H30N4O3/c1-2-29-22-6-4-3-5-20(22)21-17-19(7-8-23(21)29)26-25(31)28-11-9-18(10-12-28)24(30)27-13-15-32-16-14-27/h3-8,17-18H,2,9-16H2,1H3,(H,26,31). The fourth-order valence-corrected chi connectivity index (χ4v) is 5.05. The Morgan fingerprint density at radius 3 is 2.41 bits per heavy atom. The SMILES string of the molecule is CCn1c2ccccc2c2cc(NC(=O)N3CCC(C(=O)N4CCOCC4)CC3)ccc21. The number of nitrogens with zero attached hydrogens (tertiary/aromatic N) is 3. The molecule has 0 aliphatic carbocycles. The van der Waals surface area contributed by atoms with Gasteiger partial charge < -0.3 is 24.4 Å². The summed E-state index contributed by atoms with van der Waals surface area (Å²) in [6, 6.07) is 14.4. The molecule has 2 aliphatic rings. The third-order valence-corrected chi connectivity index (χ3v) is 6.79. The lowest BCUT2D eigenvalue weighted by Gasteiger charge is -2.35. The highest BCUT2D eigenvalue weighted by atomic mass is 16.5. The molecule has 2 aromatic carbocycles. The number of amides is 3. The van der Waals surface area contributed by atoms with Crippen LogP contribution in [-0.2, 0) is 16.1 Å². The third kappa shape index (κ3) is 3.81. The molecular weight excluding hydrogens is 404 g/mol. The Balaban J connectivity index is 1.25. The Kier molecular flexibility index (Phi) is 5.74. The fraction of sp³-hybridized carbons (Fsp3) is 0.440. The van der Waals surface area contributed by atoms with E-state index in [4.69, 9.17) is 4.74 Å². The molecule has 0 bridgehead atoms. The van der Waals surface area contributed by atoms with Gasteiger partial charge in [0.2, 0.25) is 5.91 Å². The molecule has 2 aliphatic heterocycles. The largest absolute Gasteiger partial charge is 0.378 e. The first-order chi connectivity index (χ1) is 15.7. The zero-order valence-electron chi connectivity index (χ0n) is 18.5. The number of ether oxygens (including phenoxy) is 1. The molecule has 168 valence electrons. The molecule has 1 aromatic heterocycles. The Morgan fingerprint density at radius 2 is 1.66 bits per heavy atom. The summed E-state index contributed by atoms with van der Waals surface area (Å²) in [6.07, 6.45) is 1.43. The number of piperidine rings is 1. The van der Waals surface area contributed by atoms with Crippen LogP contribution in [0.25, 0.3) is 21.8 Å². The summed E-state index contributed by atoms with van der Waals surface area (Å²) in [7, 11) is 0. The zero-order chi connectivity index (χ0) is 22.1. The smallest absolute Gasteiger partial charge is 0.321 e. The van der Waals surface area contributed by atoms with Crippen molar-refractivity contribution in [1.82, 2.24) is 14.4 Å². The van der Waals surface area contributed by atoms with Crippen LogP contribution in [0.15, 0.2) is 42.5 Å². The monoisotopic (exact) mass is 434 g/mol. The quantitative estimate of drug-likeness (QED) is 0.680. The van der Waals surface area contributed by atoms with Gasteiger partial charge in [0.05, 0.1) is 13.2 Å². The van der Waals surface area contributed by atoms with Gasteiger partial charge in [-0.1, -0.05) is 18.2 Å². The second-order valence-electron chi connectivity index (χ2n) is 8.62. The van der Waals surface area contributed by atoms with Crippen LogP contribution in [-0.4, -0.2) is 65.7 Å². The third-order valence-electron chi connectivity index (χ3n) is 6.79.